The summed E-state index contributed by atoms with van der Waals surface area (Å²) in [6, 6.07) is 12.7. The van der Waals surface area contributed by atoms with Crippen molar-refractivity contribution in [3.63, 3.8) is 0 Å². The summed E-state index contributed by atoms with van der Waals surface area (Å²) in [7, 11) is 0. The first-order chi connectivity index (χ1) is 16.5. The van der Waals surface area contributed by atoms with Crippen LogP contribution in [0.2, 0.25) is 5.02 Å². The van der Waals surface area contributed by atoms with Crippen LogP contribution in [0.1, 0.15) is 11.1 Å². The van der Waals surface area contributed by atoms with Crippen LogP contribution < -0.4 is 5.32 Å². The quantitative estimate of drug-likeness (QED) is 0.283. The topological polar surface area (TPSA) is 80.9 Å². The Labute approximate surface area is 208 Å². The Morgan fingerprint density at radius 2 is 1.88 bits per heavy atom. The van der Waals surface area contributed by atoms with Gasteiger partial charge in [-0.3, -0.25) is 0 Å². The number of nitrogens with one attached hydrogen (secondary N) is 1. The summed E-state index contributed by atoms with van der Waals surface area (Å²) in [6.07, 6.45) is 1.54. The number of fused-ring (bicyclic) bond motifs is 2. The SMILES string of the molecule is Cc1ccc(-c2nnc3sc(-c4[se]c5ncnc(Nc6ccc(F)c(Cl)c6)c5c4C)nn23)cc1. The number of hydrogen-bond donors (Lipinski definition) is 1. The van der Waals surface area contributed by atoms with E-state index in [4.69, 9.17) is 16.7 Å². The third-order valence-corrected chi connectivity index (χ3v) is 9.43. The van der Waals surface area contributed by atoms with Gasteiger partial charge in [-0.05, 0) is 0 Å². The molecule has 4 heterocycles. The van der Waals surface area contributed by atoms with E-state index in [9.17, 15) is 4.39 Å². The van der Waals surface area contributed by atoms with Crippen molar-refractivity contribution in [2.75, 3.05) is 5.32 Å². The molecule has 6 aromatic rings. The molecule has 0 atom stereocenters. The zero-order chi connectivity index (χ0) is 23.4. The number of halogens is 2. The van der Waals surface area contributed by atoms with Crippen molar-refractivity contribution in [1.82, 2.24) is 29.8 Å². The first-order valence-electron chi connectivity index (χ1n) is 10.2. The van der Waals surface area contributed by atoms with E-state index in [0.717, 1.165) is 35.3 Å². The van der Waals surface area contributed by atoms with Gasteiger partial charge in [0.1, 0.15) is 0 Å². The Hall–Kier alpha value is -3.17. The number of rotatable bonds is 4. The molecule has 0 saturated carbocycles. The molecule has 0 unspecified atom stereocenters. The van der Waals surface area contributed by atoms with Gasteiger partial charge in [-0.25, -0.2) is 0 Å². The van der Waals surface area contributed by atoms with E-state index in [0.29, 0.717) is 17.3 Å². The molecule has 0 aliphatic rings. The molecule has 0 saturated heterocycles. The fraction of sp³-hybridized carbons (Fsp3) is 0.0870. The predicted octanol–water partition coefficient (Wildman–Crippen LogP) is 5.67. The first-order valence-corrected chi connectivity index (χ1v) is 13.1. The molecule has 0 bridgehead atoms. The van der Waals surface area contributed by atoms with Crippen molar-refractivity contribution in [3.05, 3.63) is 70.8 Å². The Kier molecular flexibility index (Phi) is 5.18. The summed E-state index contributed by atoms with van der Waals surface area (Å²) in [4.78, 5) is 9.71. The number of hydrogen-bond acceptors (Lipinski definition) is 7. The second-order valence-corrected chi connectivity index (χ2v) is 11.2. The van der Waals surface area contributed by atoms with Crippen LogP contribution in [0.15, 0.2) is 48.8 Å². The van der Waals surface area contributed by atoms with Crippen LogP contribution in [0.3, 0.4) is 0 Å². The Balaban J connectivity index is 1.43. The molecule has 4 aromatic heterocycles. The van der Waals surface area contributed by atoms with E-state index in [1.807, 2.05) is 12.1 Å². The van der Waals surface area contributed by atoms with Crippen LogP contribution in [0.25, 0.3) is 35.6 Å². The molecular weight excluding hydrogens is 540 g/mol. The number of aryl methyl sites for hydroxylation is 2. The molecular formula is C23H15ClFN7SSe. The predicted molar refractivity (Wildman–Crippen MR) is 134 cm³/mol. The second-order valence-electron chi connectivity index (χ2n) is 7.70. The maximum atomic E-state index is 13.6. The van der Waals surface area contributed by atoms with Gasteiger partial charge in [0, 0.05) is 0 Å². The molecule has 11 heteroatoms. The Bertz CT molecular complexity index is 1690. The molecule has 34 heavy (non-hydrogen) atoms. The van der Waals surface area contributed by atoms with Crippen LogP contribution in [0.5, 0.6) is 0 Å². The standard InChI is InChI=1S/C23H15ClFN7SSe/c1-11-3-5-13(6-4-11)20-29-30-23-32(20)31-21(33-23)18-12(2)17-19(26-10-27-22(17)34-18)28-14-7-8-16(25)15(24)9-14/h3-10H,1-2H3,(H,26,27,28). The number of aromatic nitrogens is 6. The second kappa shape index (κ2) is 8.25. The van der Waals surface area contributed by atoms with E-state index in [1.165, 1.54) is 23.0 Å². The molecule has 1 N–H and O–H groups in total. The Morgan fingerprint density at radius 3 is 2.68 bits per heavy atom. The van der Waals surface area contributed by atoms with Gasteiger partial charge in [0.05, 0.1) is 0 Å². The van der Waals surface area contributed by atoms with Crippen LogP contribution in [-0.2, 0) is 0 Å². The Morgan fingerprint density at radius 1 is 1.06 bits per heavy atom. The molecule has 0 spiro atoms. The van der Waals surface area contributed by atoms with Gasteiger partial charge in [-0.2, -0.15) is 0 Å². The number of benzene rings is 2. The van der Waals surface area contributed by atoms with Crippen molar-refractivity contribution in [1.29, 1.82) is 0 Å². The molecule has 2 aromatic carbocycles. The van der Waals surface area contributed by atoms with E-state index in [-0.39, 0.29) is 19.5 Å². The van der Waals surface area contributed by atoms with Crippen molar-refractivity contribution < 1.29 is 4.39 Å². The fourth-order valence-corrected chi connectivity index (χ4v) is 7.33. The number of anilines is 2. The van der Waals surface area contributed by atoms with Gasteiger partial charge in [0.25, 0.3) is 0 Å². The molecule has 0 aliphatic carbocycles. The van der Waals surface area contributed by atoms with Gasteiger partial charge >= 0.3 is 209 Å². The molecule has 0 amide bonds. The van der Waals surface area contributed by atoms with Crippen LogP contribution >= 0.6 is 22.9 Å². The van der Waals surface area contributed by atoms with Gasteiger partial charge in [0.2, 0.25) is 0 Å². The van der Waals surface area contributed by atoms with E-state index in [1.54, 1.807) is 23.0 Å². The molecule has 0 fully saturated rings. The zero-order valence-corrected chi connectivity index (χ0v) is 21.2. The monoisotopic (exact) mass is 555 g/mol. The molecule has 168 valence electrons. The zero-order valence-electron chi connectivity index (χ0n) is 17.9. The van der Waals surface area contributed by atoms with E-state index < -0.39 is 5.82 Å². The molecule has 0 radical (unpaired) electrons. The summed E-state index contributed by atoms with van der Waals surface area (Å²) in [6.45, 7) is 4.11. The van der Waals surface area contributed by atoms with Crippen molar-refractivity contribution in [2.24, 2.45) is 0 Å². The average molecular weight is 555 g/mol. The third-order valence-electron chi connectivity index (χ3n) is 5.40. The molecule has 6 rings (SSSR count). The van der Waals surface area contributed by atoms with Crippen molar-refractivity contribution in [3.8, 4) is 20.8 Å². The molecule has 0 aliphatic heterocycles. The van der Waals surface area contributed by atoms with Gasteiger partial charge in [-0.15, -0.1) is 0 Å². The third kappa shape index (κ3) is 3.59. The minimum atomic E-state index is -0.463. The van der Waals surface area contributed by atoms with Gasteiger partial charge in [0.15, 0.2) is 0 Å². The summed E-state index contributed by atoms with van der Waals surface area (Å²) >= 11 is 7.41. The number of nitrogens with zero attached hydrogens (tertiary/aromatic N) is 6. The van der Waals surface area contributed by atoms with Crippen LogP contribution in [0, 0.1) is 19.7 Å². The van der Waals surface area contributed by atoms with Crippen LogP contribution in [-0.4, -0.2) is 44.3 Å². The van der Waals surface area contributed by atoms with Crippen LogP contribution in [0.4, 0.5) is 15.9 Å². The summed E-state index contributed by atoms with van der Waals surface area (Å²) in [5.74, 6) is 0.912. The van der Waals surface area contributed by atoms with Crippen molar-refractivity contribution in [2.45, 2.75) is 13.8 Å². The van der Waals surface area contributed by atoms with E-state index in [2.05, 4.69) is 51.5 Å². The normalized spacial score (nSPS) is 11.5. The summed E-state index contributed by atoms with van der Waals surface area (Å²) in [5, 5.41) is 18.7. The molecule has 7 nitrogen and oxygen atoms in total. The minimum absolute atomic E-state index is 0.0491. The summed E-state index contributed by atoms with van der Waals surface area (Å²) < 4.78 is 17.5. The van der Waals surface area contributed by atoms with Gasteiger partial charge < -0.3 is 0 Å². The van der Waals surface area contributed by atoms with E-state index >= 15 is 0 Å². The summed E-state index contributed by atoms with van der Waals surface area (Å²) in [5.41, 5.74) is 3.87. The van der Waals surface area contributed by atoms with Crippen molar-refractivity contribution >= 4 is 63.7 Å². The fourth-order valence-electron chi connectivity index (χ4n) is 3.67. The van der Waals surface area contributed by atoms with Gasteiger partial charge in [-0.1, -0.05) is 0 Å². The maximum absolute atomic E-state index is 13.6. The first kappa shape index (κ1) is 21.4. The average Bonchev–Trinajstić information content (AvgIpc) is 3.50.